The number of carboxylic acids is 1. The van der Waals surface area contributed by atoms with E-state index >= 15 is 0 Å². The van der Waals surface area contributed by atoms with Crippen LogP contribution in [0.2, 0.25) is 0 Å². The van der Waals surface area contributed by atoms with E-state index in [9.17, 15) is 19.5 Å². The van der Waals surface area contributed by atoms with Crippen molar-refractivity contribution in [3.05, 3.63) is 0 Å². The van der Waals surface area contributed by atoms with Gasteiger partial charge in [0.1, 0.15) is 11.6 Å². The van der Waals surface area contributed by atoms with Gasteiger partial charge in [0.05, 0.1) is 6.42 Å². The number of rotatable bonds is 6. The van der Waals surface area contributed by atoms with Gasteiger partial charge in [-0.3, -0.25) is 9.59 Å². The van der Waals surface area contributed by atoms with E-state index in [0.29, 0.717) is 0 Å². The summed E-state index contributed by atoms with van der Waals surface area (Å²) in [6.07, 6.45) is 4.69. The summed E-state index contributed by atoms with van der Waals surface area (Å²) in [4.78, 5) is 35.5. The molecule has 1 fully saturated rings. The van der Waals surface area contributed by atoms with E-state index in [4.69, 9.17) is 4.74 Å². The van der Waals surface area contributed by atoms with Gasteiger partial charge in [0.15, 0.2) is 0 Å². The summed E-state index contributed by atoms with van der Waals surface area (Å²) in [6.45, 7) is 6.90. The molecule has 6 nitrogen and oxygen atoms in total. The van der Waals surface area contributed by atoms with Crippen molar-refractivity contribution >= 4 is 17.8 Å². The molecule has 23 heavy (non-hydrogen) atoms. The molecule has 0 aromatic heterocycles. The Morgan fingerprint density at radius 1 is 1.17 bits per heavy atom. The molecule has 0 aliphatic heterocycles. The predicted octanol–water partition coefficient (Wildman–Crippen LogP) is 2.50. The van der Waals surface area contributed by atoms with E-state index in [1.54, 1.807) is 27.7 Å². The second-order valence-corrected chi connectivity index (χ2v) is 7.41. The fourth-order valence-corrected chi connectivity index (χ4v) is 2.87. The van der Waals surface area contributed by atoms with E-state index in [1.807, 2.05) is 0 Å². The van der Waals surface area contributed by atoms with Crippen molar-refractivity contribution in [1.29, 1.82) is 0 Å². The van der Waals surface area contributed by atoms with Crippen LogP contribution in [0.4, 0.5) is 0 Å². The van der Waals surface area contributed by atoms with Crippen LogP contribution < -0.4 is 5.32 Å². The average Bonchev–Trinajstić information content (AvgIpc) is 2.42. The van der Waals surface area contributed by atoms with Gasteiger partial charge in [0, 0.05) is 5.92 Å². The van der Waals surface area contributed by atoms with Crippen molar-refractivity contribution in [1.82, 2.24) is 5.32 Å². The van der Waals surface area contributed by atoms with Crippen LogP contribution in [0.25, 0.3) is 0 Å². The molecule has 1 amide bonds. The number of amides is 1. The van der Waals surface area contributed by atoms with Crippen LogP contribution in [0, 0.1) is 11.8 Å². The molecule has 6 heteroatoms. The number of ether oxygens (including phenoxy) is 1. The molecule has 1 aliphatic rings. The first kappa shape index (κ1) is 19.5. The van der Waals surface area contributed by atoms with Crippen LogP contribution in [0.3, 0.4) is 0 Å². The minimum atomic E-state index is -1.00. The number of carbonyl (C=O) groups excluding carboxylic acids is 2. The smallest absolute Gasteiger partial charge is 0.326 e. The van der Waals surface area contributed by atoms with E-state index in [-0.39, 0.29) is 12.3 Å². The van der Waals surface area contributed by atoms with Gasteiger partial charge in [-0.1, -0.05) is 26.2 Å². The quantitative estimate of drug-likeness (QED) is 0.731. The Balaban J connectivity index is 2.57. The lowest BCUT2D eigenvalue weighted by atomic mass is 9.83. The van der Waals surface area contributed by atoms with Gasteiger partial charge in [-0.05, 0) is 39.5 Å². The molecule has 0 unspecified atom stereocenters. The van der Waals surface area contributed by atoms with Gasteiger partial charge in [-0.25, -0.2) is 4.79 Å². The highest BCUT2D eigenvalue weighted by Crippen LogP contribution is 2.27. The highest BCUT2D eigenvalue weighted by atomic mass is 16.6. The minimum Gasteiger partial charge on any atom is -0.480 e. The van der Waals surface area contributed by atoms with E-state index < -0.39 is 35.4 Å². The van der Waals surface area contributed by atoms with Crippen molar-refractivity contribution < 1.29 is 24.2 Å². The third-order valence-electron chi connectivity index (χ3n) is 4.03. The Bertz CT molecular complexity index is 435. The standard InChI is InChI=1S/C17H29NO5/c1-11(10-13(19)23-17(2,3)4)15(20)18-14(16(21)22)12-8-6-5-7-9-12/h11-12,14H,5-10H2,1-4H3,(H,18,20)(H,21,22)/t11-,14+/m1/s1. The van der Waals surface area contributed by atoms with Gasteiger partial charge in [0.25, 0.3) is 0 Å². The lowest BCUT2D eigenvalue weighted by molar-refractivity contribution is -0.157. The normalized spacial score (nSPS) is 18.8. The summed E-state index contributed by atoms with van der Waals surface area (Å²) in [5, 5.41) is 12.0. The van der Waals surface area contributed by atoms with E-state index in [2.05, 4.69) is 5.32 Å². The van der Waals surface area contributed by atoms with E-state index in [1.165, 1.54) is 0 Å². The molecular weight excluding hydrogens is 298 g/mol. The van der Waals surface area contributed by atoms with Crippen molar-refractivity contribution in [2.24, 2.45) is 11.8 Å². The molecule has 1 saturated carbocycles. The van der Waals surface area contributed by atoms with Crippen LogP contribution >= 0.6 is 0 Å². The first-order chi connectivity index (χ1) is 10.6. The molecule has 1 rings (SSSR count). The van der Waals surface area contributed by atoms with Crippen LogP contribution in [-0.2, 0) is 19.1 Å². The van der Waals surface area contributed by atoms with Gasteiger partial charge in [-0.15, -0.1) is 0 Å². The minimum absolute atomic E-state index is 0.0288. The maximum atomic E-state index is 12.2. The number of hydrogen-bond donors (Lipinski definition) is 2. The van der Waals surface area contributed by atoms with Crippen molar-refractivity contribution in [2.75, 3.05) is 0 Å². The predicted molar refractivity (Wildman–Crippen MR) is 85.8 cm³/mol. The summed E-state index contributed by atoms with van der Waals surface area (Å²) < 4.78 is 5.19. The molecular formula is C17H29NO5. The molecule has 0 saturated heterocycles. The molecule has 1 aliphatic carbocycles. The van der Waals surface area contributed by atoms with Crippen LogP contribution in [0.15, 0.2) is 0 Å². The average molecular weight is 327 g/mol. The van der Waals surface area contributed by atoms with Crippen molar-refractivity contribution in [2.45, 2.75) is 77.9 Å². The molecule has 2 atom stereocenters. The lowest BCUT2D eigenvalue weighted by Crippen LogP contribution is -2.48. The number of carboxylic acid groups (broad SMARTS) is 1. The number of esters is 1. The second-order valence-electron chi connectivity index (χ2n) is 7.41. The maximum Gasteiger partial charge on any atom is 0.326 e. The Morgan fingerprint density at radius 3 is 2.22 bits per heavy atom. The number of aliphatic carboxylic acids is 1. The fourth-order valence-electron chi connectivity index (χ4n) is 2.87. The van der Waals surface area contributed by atoms with Crippen LogP contribution in [0.5, 0.6) is 0 Å². The van der Waals surface area contributed by atoms with E-state index in [0.717, 1.165) is 32.1 Å². The Morgan fingerprint density at radius 2 is 1.74 bits per heavy atom. The molecule has 0 bridgehead atoms. The summed E-state index contributed by atoms with van der Waals surface area (Å²) in [5.74, 6) is -2.51. The topological polar surface area (TPSA) is 92.7 Å². The van der Waals surface area contributed by atoms with Crippen molar-refractivity contribution in [3.8, 4) is 0 Å². The zero-order valence-corrected chi connectivity index (χ0v) is 14.6. The van der Waals surface area contributed by atoms with Crippen LogP contribution in [0.1, 0.15) is 66.2 Å². The largest absolute Gasteiger partial charge is 0.480 e. The van der Waals surface area contributed by atoms with Crippen molar-refractivity contribution in [3.63, 3.8) is 0 Å². The van der Waals surface area contributed by atoms with Gasteiger partial charge < -0.3 is 15.2 Å². The third kappa shape index (κ3) is 7.01. The molecule has 132 valence electrons. The molecule has 0 radical (unpaired) electrons. The highest BCUT2D eigenvalue weighted by molar-refractivity contribution is 5.87. The Hall–Kier alpha value is -1.59. The molecule has 0 spiro atoms. The zero-order valence-electron chi connectivity index (χ0n) is 14.6. The number of carbonyl (C=O) groups is 3. The third-order valence-corrected chi connectivity index (χ3v) is 4.03. The Labute approximate surface area is 138 Å². The van der Waals surface area contributed by atoms with Gasteiger partial charge in [0.2, 0.25) is 5.91 Å². The van der Waals surface area contributed by atoms with Gasteiger partial charge >= 0.3 is 11.9 Å². The molecule has 0 aromatic carbocycles. The monoisotopic (exact) mass is 327 g/mol. The first-order valence-electron chi connectivity index (χ1n) is 8.35. The summed E-state index contributed by atoms with van der Waals surface area (Å²) >= 11 is 0. The Kier molecular flexibility index (Phi) is 7.03. The number of hydrogen-bond acceptors (Lipinski definition) is 4. The second kappa shape index (κ2) is 8.31. The lowest BCUT2D eigenvalue weighted by Gasteiger charge is -2.29. The van der Waals surface area contributed by atoms with Gasteiger partial charge in [-0.2, -0.15) is 0 Å². The highest BCUT2D eigenvalue weighted by Gasteiger charge is 2.32. The summed E-state index contributed by atoms with van der Waals surface area (Å²) in [5.41, 5.74) is -0.598. The maximum absolute atomic E-state index is 12.2. The summed E-state index contributed by atoms with van der Waals surface area (Å²) in [7, 11) is 0. The first-order valence-corrected chi connectivity index (χ1v) is 8.35. The van der Waals surface area contributed by atoms with Crippen LogP contribution in [-0.4, -0.2) is 34.6 Å². The summed E-state index contributed by atoms with van der Waals surface area (Å²) in [6, 6.07) is -0.871. The fraction of sp³-hybridized carbons (Fsp3) is 0.824. The zero-order chi connectivity index (χ0) is 17.6. The number of nitrogens with one attached hydrogen (secondary N) is 1. The molecule has 0 heterocycles. The molecule has 0 aromatic rings. The SMILES string of the molecule is C[C@H](CC(=O)OC(C)(C)C)C(=O)N[C@H](C(=O)O)C1CCCCC1. The molecule has 2 N–H and O–H groups in total.